The number of nitrogens with one attached hydrogen (secondary N) is 1. The molecule has 3 rings (SSSR count). The molecule has 0 bridgehead atoms. The van der Waals surface area contributed by atoms with Crippen molar-refractivity contribution in [2.75, 3.05) is 7.11 Å². The summed E-state index contributed by atoms with van der Waals surface area (Å²) in [7, 11) is 1.62. The predicted octanol–water partition coefficient (Wildman–Crippen LogP) is 4.35. The number of aromatic amines is 1. The molecule has 2 heterocycles. The van der Waals surface area contributed by atoms with Crippen molar-refractivity contribution in [3.63, 3.8) is 0 Å². The normalized spacial score (nSPS) is 11.4. The lowest BCUT2D eigenvalue weighted by Crippen LogP contribution is -2.06. The molecule has 0 radical (unpaired) electrons. The number of hydrogen-bond acceptors (Lipinski definition) is 6. The minimum absolute atomic E-state index is 0.0750. The third-order valence-corrected chi connectivity index (χ3v) is 4.39. The number of aromatic nitrogens is 3. The zero-order valence-corrected chi connectivity index (χ0v) is 15.7. The molecule has 0 saturated heterocycles. The standard InChI is InChI=1S/C17H18N4O2S2/c1-11(2)23-13-7-6-12(9-14(13)22-3)10-18-21-16(19-20-17(21)24)15-5-4-8-25-15/h4-11H,1-3H3,(H,20,24)/b18-10-. The summed E-state index contributed by atoms with van der Waals surface area (Å²) >= 11 is 6.85. The smallest absolute Gasteiger partial charge is 0.216 e. The molecule has 8 heteroatoms. The van der Waals surface area contributed by atoms with Gasteiger partial charge in [-0.3, -0.25) is 0 Å². The van der Waals surface area contributed by atoms with Crippen LogP contribution in [0.15, 0.2) is 40.8 Å². The number of rotatable bonds is 6. The summed E-state index contributed by atoms with van der Waals surface area (Å²) in [5, 5.41) is 13.5. The molecule has 1 N–H and O–H groups in total. The Morgan fingerprint density at radius 2 is 2.16 bits per heavy atom. The molecular formula is C17H18N4O2S2. The Morgan fingerprint density at radius 1 is 1.32 bits per heavy atom. The first-order valence-electron chi connectivity index (χ1n) is 7.69. The molecular weight excluding hydrogens is 356 g/mol. The molecule has 3 aromatic rings. The fourth-order valence-corrected chi connectivity index (χ4v) is 3.08. The van der Waals surface area contributed by atoms with E-state index in [1.54, 1.807) is 29.3 Å². The minimum atomic E-state index is 0.0750. The van der Waals surface area contributed by atoms with Gasteiger partial charge in [0.1, 0.15) is 0 Å². The molecule has 0 atom stereocenters. The number of ether oxygens (including phenoxy) is 2. The van der Waals surface area contributed by atoms with Crippen molar-refractivity contribution < 1.29 is 9.47 Å². The van der Waals surface area contributed by atoms with Crippen molar-refractivity contribution in [3.8, 4) is 22.2 Å². The van der Waals surface area contributed by atoms with Crippen LogP contribution in [0.5, 0.6) is 11.5 Å². The summed E-state index contributed by atoms with van der Waals surface area (Å²) in [6.07, 6.45) is 1.79. The summed E-state index contributed by atoms with van der Waals surface area (Å²) in [5.74, 6) is 2.05. The van der Waals surface area contributed by atoms with E-state index in [4.69, 9.17) is 21.7 Å². The molecule has 0 aliphatic rings. The summed E-state index contributed by atoms with van der Waals surface area (Å²) < 4.78 is 13.2. The lowest BCUT2D eigenvalue weighted by molar-refractivity contribution is 0.230. The van der Waals surface area contributed by atoms with Gasteiger partial charge in [0, 0.05) is 0 Å². The predicted molar refractivity (Wildman–Crippen MR) is 102 cm³/mol. The first-order chi connectivity index (χ1) is 12.1. The fourth-order valence-electron chi connectivity index (χ4n) is 2.20. The van der Waals surface area contributed by atoms with Crippen molar-refractivity contribution in [1.82, 2.24) is 14.9 Å². The first kappa shape index (κ1) is 17.4. The number of hydrogen-bond donors (Lipinski definition) is 1. The zero-order chi connectivity index (χ0) is 17.8. The summed E-state index contributed by atoms with van der Waals surface area (Å²) in [6.45, 7) is 3.95. The van der Waals surface area contributed by atoms with E-state index in [2.05, 4.69) is 15.3 Å². The van der Waals surface area contributed by atoms with Crippen LogP contribution in [0.4, 0.5) is 0 Å². The summed E-state index contributed by atoms with van der Waals surface area (Å²) in [5.41, 5.74) is 0.869. The molecule has 0 saturated carbocycles. The number of H-pyrrole nitrogens is 1. The van der Waals surface area contributed by atoms with Gasteiger partial charge < -0.3 is 9.47 Å². The molecule has 6 nitrogen and oxygen atoms in total. The largest absolute Gasteiger partial charge is 0.493 e. The molecule has 0 amide bonds. The lowest BCUT2D eigenvalue weighted by atomic mass is 10.2. The van der Waals surface area contributed by atoms with Gasteiger partial charge in [-0.05, 0) is 61.3 Å². The van der Waals surface area contributed by atoms with Gasteiger partial charge in [-0.15, -0.1) is 11.3 Å². The topological polar surface area (TPSA) is 64.4 Å². The Bertz CT molecular complexity index is 927. The first-order valence-corrected chi connectivity index (χ1v) is 8.97. The molecule has 130 valence electrons. The molecule has 0 spiro atoms. The Balaban J connectivity index is 1.91. The second kappa shape index (κ2) is 7.62. The molecule has 25 heavy (non-hydrogen) atoms. The van der Waals surface area contributed by atoms with Gasteiger partial charge in [-0.25, -0.2) is 5.10 Å². The van der Waals surface area contributed by atoms with Crippen molar-refractivity contribution in [2.45, 2.75) is 20.0 Å². The van der Waals surface area contributed by atoms with Gasteiger partial charge in [0.2, 0.25) is 4.77 Å². The van der Waals surface area contributed by atoms with Gasteiger partial charge >= 0.3 is 0 Å². The third-order valence-electron chi connectivity index (χ3n) is 3.26. The number of methoxy groups -OCH3 is 1. The second-order valence-corrected chi connectivity index (χ2v) is 6.80. The van der Waals surface area contributed by atoms with E-state index in [9.17, 15) is 0 Å². The summed E-state index contributed by atoms with van der Waals surface area (Å²) in [6, 6.07) is 9.59. The van der Waals surface area contributed by atoms with Crippen molar-refractivity contribution in [1.29, 1.82) is 0 Å². The van der Waals surface area contributed by atoms with Gasteiger partial charge in [-0.2, -0.15) is 14.9 Å². The molecule has 0 fully saturated rings. The van der Waals surface area contributed by atoms with Crippen LogP contribution in [0, 0.1) is 4.77 Å². The molecule has 2 aromatic heterocycles. The highest BCUT2D eigenvalue weighted by atomic mass is 32.1. The van der Waals surface area contributed by atoms with Crippen molar-refractivity contribution in [3.05, 3.63) is 46.0 Å². The monoisotopic (exact) mass is 374 g/mol. The SMILES string of the molecule is COc1cc(/C=N\n2c(-c3cccs3)n[nH]c2=S)ccc1OC(C)C. The molecule has 1 aromatic carbocycles. The van der Waals surface area contributed by atoms with Crippen LogP contribution in [0.2, 0.25) is 0 Å². The maximum Gasteiger partial charge on any atom is 0.216 e. The van der Waals surface area contributed by atoms with Crippen LogP contribution in [-0.2, 0) is 0 Å². The van der Waals surface area contributed by atoms with E-state index in [0.717, 1.165) is 10.4 Å². The average molecular weight is 374 g/mol. The van der Waals surface area contributed by atoms with Crippen LogP contribution in [-0.4, -0.2) is 34.3 Å². The van der Waals surface area contributed by atoms with Crippen LogP contribution in [0.3, 0.4) is 0 Å². The van der Waals surface area contributed by atoms with Crippen molar-refractivity contribution in [2.24, 2.45) is 5.10 Å². The van der Waals surface area contributed by atoms with E-state index in [-0.39, 0.29) is 6.10 Å². The Morgan fingerprint density at radius 3 is 2.84 bits per heavy atom. The molecule has 0 aliphatic heterocycles. The minimum Gasteiger partial charge on any atom is -0.493 e. The lowest BCUT2D eigenvalue weighted by Gasteiger charge is -2.13. The highest BCUT2D eigenvalue weighted by Crippen LogP contribution is 2.28. The van der Waals surface area contributed by atoms with Crippen LogP contribution in [0.1, 0.15) is 19.4 Å². The van der Waals surface area contributed by atoms with Crippen LogP contribution >= 0.6 is 23.6 Å². The quantitative estimate of drug-likeness (QED) is 0.515. The maximum atomic E-state index is 5.72. The van der Waals surface area contributed by atoms with Crippen LogP contribution < -0.4 is 9.47 Å². The Hall–Kier alpha value is -2.45. The zero-order valence-electron chi connectivity index (χ0n) is 14.1. The van der Waals surface area contributed by atoms with E-state index >= 15 is 0 Å². The average Bonchev–Trinajstić information content (AvgIpc) is 3.23. The molecule has 0 unspecified atom stereocenters. The molecule has 0 aliphatic carbocycles. The Kier molecular flexibility index (Phi) is 5.30. The van der Waals surface area contributed by atoms with Gasteiger partial charge in [0.05, 0.1) is 24.3 Å². The van der Waals surface area contributed by atoms with Gasteiger partial charge in [-0.1, -0.05) is 6.07 Å². The highest BCUT2D eigenvalue weighted by molar-refractivity contribution is 7.71. The third kappa shape index (κ3) is 3.97. The van der Waals surface area contributed by atoms with E-state index in [1.807, 2.05) is 49.6 Å². The van der Waals surface area contributed by atoms with E-state index in [0.29, 0.717) is 22.1 Å². The number of thiophene rings is 1. The van der Waals surface area contributed by atoms with Gasteiger partial charge in [0.15, 0.2) is 17.3 Å². The number of nitrogens with zero attached hydrogens (tertiary/aromatic N) is 3. The number of benzene rings is 1. The fraction of sp³-hybridized carbons (Fsp3) is 0.235. The van der Waals surface area contributed by atoms with E-state index in [1.165, 1.54) is 0 Å². The Labute approximate surface area is 154 Å². The van der Waals surface area contributed by atoms with Crippen molar-refractivity contribution >= 4 is 29.8 Å². The van der Waals surface area contributed by atoms with E-state index < -0.39 is 0 Å². The van der Waals surface area contributed by atoms with Crippen LogP contribution in [0.25, 0.3) is 10.7 Å². The summed E-state index contributed by atoms with van der Waals surface area (Å²) in [4.78, 5) is 0.989. The highest BCUT2D eigenvalue weighted by Gasteiger charge is 2.10. The maximum absolute atomic E-state index is 5.72. The second-order valence-electron chi connectivity index (χ2n) is 5.46. The van der Waals surface area contributed by atoms with Gasteiger partial charge in [0.25, 0.3) is 0 Å².